The molecule has 2 heterocycles. The Hall–Kier alpha value is -1.62. The molecule has 2 aromatic rings. The van der Waals surface area contributed by atoms with Gasteiger partial charge in [0.15, 0.2) is 0 Å². The first kappa shape index (κ1) is 12.8. The molecule has 0 amide bonds. The van der Waals surface area contributed by atoms with Gasteiger partial charge in [-0.3, -0.25) is 4.68 Å². The molecule has 0 aliphatic rings. The maximum atomic E-state index is 4.39. The first-order chi connectivity index (χ1) is 8.63. The molecule has 0 fully saturated rings. The summed E-state index contributed by atoms with van der Waals surface area (Å²) in [6, 6.07) is 0.491. The van der Waals surface area contributed by atoms with Crippen LogP contribution in [0, 0.1) is 0 Å². The van der Waals surface area contributed by atoms with E-state index in [4.69, 9.17) is 0 Å². The third kappa shape index (κ3) is 3.70. The summed E-state index contributed by atoms with van der Waals surface area (Å²) in [5.74, 6) is 0. The molecule has 18 heavy (non-hydrogen) atoms. The predicted octanol–water partition coefficient (Wildman–Crippen LogP) is 1.36. The van der Waals surface area contributed by atoms with Crippen molar-refractivity contribution in [2.75, 3.05) is 0 Å². The Labute approximate surface area is 108 Å². The second-order valence-electron chi connectivity index (χ2n) is 4.91. The SMILES string of the molecule is CC(C)NCc1cn(CCc2cnn(C)c2)cn1. The van der Waals surface area contributed by atoms with E-state index < -0.39 is 0 Å². The van der Waals surface area contributed by atoms with Gasteiger partial charge in [0.1, 0.15) is 0 Å². The molecule has 2 rings (SSSR count). The summed E-state index contributed by atoms with van der Waals surface area (Å²) in [6.07, 6.45) is 8.96. The van der Waals surface area contributed by atoms with E-state index in [9.17, 15) is 0 Å². The van der Waals surface area contributed by atoms with Crippen molar-refractivity contribution in [2.24, 2.45) is 7.05 Å². The molecule has 0 spiro atoms. The van der Waals surface area contributed by atoms with Gasteiger partial charge in [-0.1, -0.05) is 13.8 Å². The van der Waals surface area contributed by atoms with Gasteiger partial charge in [-0.25, -0.2) is 4.98 Å². The van der Waals surface area contributed by atoms with Crippen LogP contribution in [0.5, 0.6) is 0 Å². The van der Waals surface area contributed by atoms with Crippen LogP contribution in [0.25, 0.3) is 0 Å². The lowest BCUT2D eigenvalue weighted by molar-refractivity contribution is 0.582. The maximum Gasteiger partial charge on any atom is 0.0950 e. The highest BCUT2D eigenvalue weighted by Gasteiger charge is 2.01. The van der Waals surface area contributed by atoms with Crippen LogP contribution in [0.15, 0.2) is 24.9 Å². The Kier molecular flexibility index (Phi) is 4.15. The monoisotopic (exact) mass is 247 g/mol. The summed E-state index contributed by atoms with van der Waals surface area (Å²) >= 11 is 0. The molecule has 5 nitrogen and oxygen atoms in total. The standard InChI is InChI=1S/C13H21N5/c1-11(2)14-7-13-9-18(10-15-13)5-4-12-6-16-17(3)8-12/h6,8-11,14H,4-5,7H2,1-3H3. The molecule has 0 saturated heterocycles. The molecule has 0 aliphatic heterocycles. The van der Waals surface area contributed by atoms with Gasteiger partial charge in [0.05, 0.1) is 18.2 Å². The van der Waals surface area contributed by atoms with Gasteiger partial charge in [-0.05, 0) is 12.0 Å². The molecule has 1 N–H and O–H groups in total. The van der Waals surface area contributed by atoms with Crippen LogP contribution in [0.3, 0.4) is 0 Å². The van der Waals surface area contributed by atoms with E-state index >= 15 is 0 Å². The fraction of sp³-hybridized carbons (Fsp3) is 0.538. The highest BCUT2D eigenvalue weighted by atomic mass is 15.2. The first-order valence-corrected chi connectivity index (χ1v) is 6.35. The summed E-state index contributed by atoms with van der Waals surface area (Å²) in [5, 5.41) is 7.53. The molecule has 0 atom stereocenters. The Morgan fingerprint density at radius 1 is 1.33 bits per heavy atom. The summed E-state index contributed by atoms with van der Waals surface area (Å²) in [4.78, 5) is 4.39. The van der Waals surface area contributed by atoms with Crippen LogP contribution in [-0.2, 0) is 26.6 Å². The molecule has 5 heteroatoms. The van der Waals surface area contributed by atoms with Gasteiger partial charge in [0.25, 0.3) is 0 Å². The molecule has 0 aliphatic carbocycles. The predicted molar refractivity (Wildman–Crippen MR) is 71.1 cm³/mol. The largest absolute Gasteiger partial charge is 0.337 e. The van der Waals surface area contributed by atoms with Crippen LogP contribution >= 0.6 is 0 Å². The van der Waals surface area contributed by atoms with Crippen molar-refractivity contribution in [3.8, 4) is 0 Å². The van der Waals surface area contributed by atoms with Crippen LogP contribution in [0.1, 0.15) is 25.1 Å². The van der Waals surface area contributed by atoms with Crippen LogP contribution in [-0.4, -0.2) is 25.4 Å². The van der Waals surface area contributed by atoms with Crippen molar-refractivity contribution in [3.63, 3.8) is 0 Å². The van der Waals surface area contributed by atoms with Crippen molar-refractivity contribution in [1.29, 1.82) is 0 Å². The van der Waals surface area contributed by atoms with Crippen molar-refractivity contribution >= 4 is 0 Å². The number of rotatable bonds is 6. The van der Waals surface area contributed by atoms with E-state index in [1.807, 2.05) is 24.3 Å². The zero-order chi connectivity index (χ0) is 13.0. The fourth-order valence-corrected chi connectivity index (χ4v) is 1.79. The van der Waals surface area contributed by atoms with Gasteiger partial charge in [0.2, 0.25) is 0 Å². The number of aryl methyl sites for hydroxylation is 3. The second kappa shape index (κ2) is 5.82. The van der Waals surface area contributed by atoms with Crippen molar-refractivity contribution in [2.45, 2.75) is 39.4 Å². The summed E-state index contributed by atoms with van der Waals surface area (Å²) in [7, 11) is 1.94. The van der Waals surface area contributed by atoms with E-state index in [2.05, 4.69) is 46.2 Å². The second-order valence-corrected chi connectivity index (χ2v) is 4.91. The molecule has 0 radical (unpaired) electrons. The average Bonchev–Trinajstić information content (AvgIpc) is 2.93. The van der Waals surface area contributed by atoms with E-state index in [-0.39, 0.29) is 0 Å². The minimum Gasteiger partial charge on any atom is -0.337 e. The third-order valence-corrected chi connectivity index (χ3v) is 2.80. The highest BCUT2D eigenvalue weighted by molar-refractivity contribution is 5.04. The van der Waals surface area contributed by atoms with Gasteiger partial charge in [-0.2, -0.15) is 5.10 Å². The molecule has 0 aromatic carbocycles. The molecular formula is C13H21N5. The zero-order valence-electron chi connectivity index (χ0n) is 11.3. The normalized spacial score (nSPS) is 11.3. The summed E-state index contributed by atoms with van der Waals surface area (Å²) < 4.78 is 3.96. The molecular weight excluding hydrogens is 226 g/mol. The average molecular weight is 247 g/mol. The lowest BCUT2D eigenvalue weighted by atomic mass is 10.2. The molecule has 0 bridgehead atoms. The van der Waals surface area contributed by atoms with Gasteiger partial charge in [-0.15, -0.1) is 0 Å². The minimum atomic E-state index is 0.491. The smallest absolute Gasteiger partial charge is 0.0950 e. The molecule has 2 aromatic heterocycles. The minimum absolute atomic E-state index is 0.491. The van der Waals surface area contributed by atoms with Crippen LogP contribution in [0.2, 0.25) is 0 Å². The number of hydrogen-bond donors (Lipinski definition) is 1. The van der Waals surface area contributed by atoms with E-state index in [1.54, 1.807) is 0 Å². The molecule has 0 unspecified atom stereocenters. The van der Waals surface area contributed by atoms with E-state index in [1.165, 1.54) is 5.56 Å². The quantitative estimate of drug-likeness (QED) is 0.838. The third-order valence-electron chi connectivity index (χ3n) is 2.80. The zero-order valence-corrected chi connectivity index (χ0v) is 11.3. The lowest BCUT2D eigenvalue weighted by Gasteiger charge is -2.04. The molecule has 98 valence electrons. The van der Waals surface area contributed by atoms with Gasteiger partial charge in [0, 0.05) is 38.6 Å². The number of aromatic nitrogens is 4. The highest BCUT2D eigenvalue weighted by Crippen LogP contribution is 2.02. The summed E-state index contributed by atoms with van der Waals surface area (Å²) in [5.41, 5.74) is 2.35. The Bertz CT molecular complexity index is 483. The van der Waals surface area contributed by atoms with E-state index in [0.29, 0.717) is 6.04 Å². The fourth-order valence-electron chi connectivity index (χ4n) is 1.79. The van der Waals surface area contributed by atoms with Crippen LogP contribution in [0.4, 0.5) is 0 Å². The Morgan fingerprint density at radius 3 is 2.83 bits per heavy atom. The summed E-state index contributed by atoms with van der Waals surface area (Å²) in [6.45, 7) is 6.05. The number of imidazole rings is 1. The van der Waals surface area contributed by atoms with Crippen molar-refractivity contribution in [3.05, 3.63) is 36.2 Å². The topological polar surface area (TPSA) is 47.7 Å². The maximum absolute atomic E-state index is 4.39. The Morgan fingerprint density at radius 2 is 2.17 bits per heavy atom. The lowest BCUT2D eigenvalue weighted by Crippen LogP contribution is -2.21. The van der Waals surface area contributed by atoms with Crippen molar-refractivity contribution in [1.82, 2.24) is 24.6 Å². The number of hydrogen-bond acceptors (Lipinski definition) is 3. The van der Waals surface area contributed by atoms with Gasteiger partial charge >= 0.3 is 0 Å². The van der Waals surface area contributed by atoms with Crippen LogP contribution < -0.4 is 5.32 Å². The van der Waals surface area contributed by atoms with Crippen molar-refractivity contribution < 1.29 is 0 Å². The number of nitrogens with zero attached hydrogens (tertiary/aromatic N) is 4. The van der Waals surface area contributed by atoms with E-state index in [0.717, 1.165) is 25.2 Å². The van der Waals surface area contributed by atoms with Gasteiger partial charge < -0.3 is 9.88 Å². The molecule has 0 saturated carbocycles. The Balaban J connectivity index is 1.83. The number of nitrogens with one attached hydrogen (secondary N) is 1. The first-order valence-electron chi connectivity index (χ1n) is 6.35.